The number of hydrogen-bond donors (Lipinski definition) is 0. The third kappa shape index (κ3) is 2.75. The number of benzene rings is 2. The van der Waals surface area contributed by atoms with E-state index in [-0.39, 0.29) is 5.78 Å². The van der Waals surface area contributed by atoms with Gasteiger partial charge < -0.3 is 4.90 Å². The quantitative estimate of drug-likeness (QED) is 0.490. The summed E-state index contributed by atoms with van der Waals surface area (Å²) in [5.41, 5.74) is 0.955. The molecule has 1 saturated heterocycles. The van der Waals surface area contributed by atoms with Crippen LogP contribution in [0.25, 0.3) is 6.08 Å². The van der Waals surface area contributed by atoms with Gasteiger partial charge in [0.1, 0.15) is 6.04 Å². The van der Waals surface area contributed by atoms with E-state index in [4.69, 9.17) is 11.6 Å². The van der Waals surface area contributed by atoms with Gasteiger partial charge in [-0.2, -0.15) is 10.5 Å². The summed E-state index contributed by atoms with van der Waals surface area (Å²) in [6.07, 6.45) is 3.81. The molecule has 31 heavy (non-hydrogen) atoms. The highest BCUT2D eigenvalue weighted by molar-refractivity contribution is 7.12. The van der Waals surface area contributed by atoms with Crippen LogP contribution in [-0.4, -0.2) is 17.9 Å². The Bertz CT molecular complexity index is 1270. The molecule has 0 N–H and O–H groups in total. The van der Waals surface area contributed by atoms with Crippen molar-refractivity contribution in [1.29, 1.82) is 10.5 Å². The highest BCUT2D eigenvalue weighted by Gasteiger charge is 2.63. The smallest absolute Gasteiger partial charge is 0.195 e. The molecule has 3 atom stereocenters. The summed E-state index contributed by atoms with van der Waals surface area (Å²) < 4.78 is 0. The van der Waals surface area contributed by atoms with E-state index in [9.17, 15) is 15.3 Å². The van der Waals surface area contributed by atoms with E-state index in [1.54, 1.807) is 18.2 Å². The SMILES string of the molecule is N#CC1(C#N)C(c2ccccc2Cl)C(C(=O)c2cccs2)N2c3ccccc3C=CC21. The number of hydrogen-bond acceptors (Lipinski definition) is 5. The van der Waals surface area contributed by atoms with Crippen LogP contribution >= 0.6 is 22.9 Å². The highest BCUT2D eigenvalue weighted by atomic mass is 35.5. The van der Waals surface area contributed by atoms with Crippen LogP contribution in [0.1, 0.15) is 26.7 Å². The third-order valence-corrected chi connectivity index (χ3v) is 7.42. The van der Waals surface area contributed by atoms with E-state index in [0.717, 1.165) is 11.3 Å². The second kappa shape index (κ2) is 7.39. The van der Waals surface area contributed by atoms with Crippen LogP contribution in [0.15, 0.2) is 72.1 Å². The van der Waals surface area contributed by atoms with Crippen molar-refractivity contribution in [3.05, 3.63) is 93.1 Å². The number of anilines is 1. The van der Waals surface area contributed by atoms with Gasteiger partial charge in [-0.05, 0) is 34.7 Å². The van der Waals surface area contributed by atoms with Gasteiger partial charge in [0.2, 0.25) is 0 Å². The summed E-state index contributed by atoms with van der Waals surface area (Å²) in [5, 5.41) is 23.0. The number of Topliss-reactive ketones (excluding diaryl/α,β-unsaturated/α-hetero) is 1. The molecule has 6 heteroatoms. The van der Waals surface area contributed by atoms with Gasteiger partial charge in [0.25, 0.3) is 0 Å². The lowest BCUT2D eigenvalue weighted by atomic mass is 9.69. The number of nitrogens with zero attached hydrogens (tertiary/aromatic N) is 3. The van der Waals surface area contributed by atoms with Crippen LogP contribution in [0.3, 0.4) is 0 Å². The number of ketones is 1. The lowest BCUT2D eigenvalue weighted by Gasteiger charge is -2.35. The lowest BCUT2D eigenvalue weighted by Crippen LogP contribution is -2.44. The van der Waals surface area contributed by atoms with E-state index in [1.807, 2.05) is 64.9 Å². The molecule has 2 aliphatic heterocycles. The van der Waals surface area contributed by atoms with E-state index in [1.165, 1.54) is 11.3 Å². The first kappa shape index (κ1) is 19.6. The summed E-state index contributed by atoms with van der Waals surface area (Å²) in [6, 6.07) is 21.9. The first-order chi connectivity index (χ1) is 15.1. The normalized spacial score (nSPS) is 22.8. The minimum absolute atomic E-state index is 0.109. The average molecular weight is 442 g/mol. The predicted molar refractivity (Wildman–Crippen MR) is 122 cm³/mol. The molecular formula is C25H16ClN3OS. The zero-order chi connectivity index (χ0) is 21.6. The zero-order valence-electron chi connectivity index (χ0n) is 16.3. The Morgan fingerprint density at radius 3 is 2.48 bits per heavy atom. The van der Waals surface area contributed by atoms with Crippen LogP contribution < -0.4 is 4.90 Å². The van der Waals surface area contributed by atoms with Crippen molar-refractivity contribution < 1.29 is 4.79 Å². The van der Waals surface area contributed by atoms with Crippen LogP contribution in [0.5, 0.6) is 0 Å². The molecule has 2 aliphatic rings. The van der Waals surface area contributed by atoms with Gasteiger partial charge in [0, 0.05) is 16.6 Å². The topological polar surface area (TPSA) is 67.9 Å². The maximum Gasteiger partial charge on any atom is 0.195 e. The number of nitriles is 2. The second-order valence-electron chi connectivity index (χ2n) is 7.65. The zero-order valence-corrected chi connectivity index (χ0v) is 17.8. The van der Waals surface area contributed by atoms with Gasteiger partial charge in [0.05, 0.1) is 23.1 Å². The van der Waals surface area contributed by atoms with E-state index in [0.29, 0.717) is 15.5 Å². The molecule has 2 aromatic carbocycles. The first-order valence-corrected chi connectivity index (χ1v) is 11.1. The van der Waals surface area contributed by atoms with E-state index < -0.39 is 23.4 Å². The van der Waals surface area contributed by atoms with Gasteiger partial charge >= 0.3 is 0 Å². The molecule has 0 aliphatic carbocycles. The van der Waals surface area contributed by atoms with Crippen molar-refractivity contribution in [1.82, 2.24) is 0 Å². The monoisotopic (exact) mass is 441 g/mol. The molecule has 3 heterocycles. The van der Waals surface area contributed by atoms with Gasteiger partial charge in [-0.15, -0.1) is 11.3 Å². The number of rotatable bonds is 3. The molecule has 3 unspecified atom stereocenters. The Labute approximate surface area is 189 Å². The van der Waals surface area contributed by atoms with E-state index in [2.05, 4.69) is 12.1 Å². The minimum Gasteiger partial charge on any atom is -0.351 e. The molecule has 0 spiro atoms. The summed E-state index contributed by atoms with van der Waals surface area (Å²) >= 11 is 7.94. The number of para-hydroxylation sites is 1. The number of fused-ring (bicyclic) bond motifs is 3. The maximum absolute atomic E-state index is 13.9. The molecule has 0 bridgehead atoms. The third-order valence-electron chi connectivity index (χ3n) is 6.19. The Morgan fingerprint density at radius 1 is 1.03 bits per heavy atom. The fourth-order valence-corrected chi connectivity index (χ4v) is 5.82. The summed E-state index contributed by atoms with van der Waals surface area (Å²) in [7, 11) is 0. The fraction of sp³-hybridized carbons (Fsp3) is 0.160. The molecule has 3 aromatic rings. The van der Waals surface area contributed by atoms with E-state index >= 15 is 0 Å². The van der Waals surface area contributed by atoms with Crippen molar-refractivity contribution in [2.24, 2.45) is 5.41 Å². The molecule has 4 nitrogen and oxygen atoms in total. The van der Waals surface area contributed by atoms with Crippen molar-refractivity contribution in [3.8, 4) is 12.1 Å². The molecular weight excluding hydrogens is 426 g/mol. The van der Waals surface area contributed by atoms with Crippen LogP contribution in [0.2, 0.25) is 5.02 Å². The largest absolute Gasteiger partial charge is 0.351 e. The predicted octanol–water partition coefficient (Wildman–Crippen LogP) is 5.69. The van der Waals surface area contributed by atoms with Crippen LogP contribution in [0, 0.1) is 28.1 Å². The Hall–Kier alpha value is -3.38. The first-order valence-electron chi connectivity index (χ1n) is 9.82. The summed E-state index contributed by atoms with van der Waals surface area (Å²) in [4.78, 5) is 16.4. The van der Waals surface area contributed by atoms with Gasteiger partial charge in [0.15, 0.2) is 11.2 Å². The molecule has 1 aromatic heterocycles. The molecule has 0 saturated carbocycles. The molecule has 150 valence electrons. The molecule has 5 rings (SSSR count). The Kier molecular flexibility index (Phi) is 4.67. The number of halogens is 1. The average Bonchev–Trinajstić information content (AvgIpc) is 3.44. The Balaban J connectivity index is 1.82. The number of carbonyl (C=O) groups excluding carboxylic acids is 1. The maximum atomic E-state index is 13.9. The van der Waals surface area contributed by atoms with Crippen molar-refractivity contribution >= 4 is 40.5 Å². The van der Waals surface area contributed by atoms with Gasteiger partial charge in [-0.1, -0.05) is 66.2 Å². The Morgan fingerprint density at radius 2 is 1.77 bits per heavy atom. The van der Waals surface area contributed by atoms with Gasteiger partial charge in [-0.3, -0.25) is 4.79 Å². The van der Waals surface area contributed by atoms with Crippen molar-refractivity contribution in [2.75, 3.05) is 4.90 Å². The molecule has 0 radical (unpaired) electrons. The minimum atomic E-state index is -1.48. The van der Waals surface area contributed by atoms with Crippen LogP contribution in [0.4, 0.5) is 5.69 Å². The van der Waals surface area contributed by atoms with Crippen molar-refractivity contribution in [3.63, 3.8) is 0 Å². The molecule has 1 fully saturated rings. The molecule has 0 amide bonds. The van der Waals surface area contributed by atoms with Crippen LogP contribution in [-0.2, 0) is 0 Å². The highest BCUT2D eigenvalue weighted by Crippen LogP contribution is 2.56. The summed E-state index contributed by atoms with van der Waals surface area (Å²) in [5.74, 6) is -0.825. The lowest BCUT2D eigenvalue weighted by molar-refractivity contribution is 0.0955. The number of thiophene rings is 1. The second-order valence-corrected chi connectivity index (χ2v) is 9.00. The fourth-order valence-electron chi connectivity index (χ4n) is 4.87. The van der Waals surface area contributed by atoms with Gasteiger partial charge in [-0.25, -0.2) is 0 Å². The van der Waals surface area contributed by atoms with Crippen molar-refractivity contribution in [2.45, 2.75) is 18.0 Å². The summed E-state index contributed by atoms with van der Waals surface area (Å²) in [6.45, 7) is 0. The number of carbonyl (C=O) groups is 1. The standard InChI is InChI=1S/C25H16ClN3OS/c26-18-8-3-2-7-17(18)22-23(24(30)20-10-5-13-31-20)29-19-9-4-1-6-16(19)11-12-21(29)25(22,14-27)15-28/h1-13,21-23H.